The van der Waals surface area contributed by atoms with E-state index in [0.29, 0.717) is 17.1 Å². The number of nitrogens with one attached hydrogen (secondary N) is 1. The van der Waals surface area contributed by atoms with E-state index in [1.54, 1.807) is 0 Å². The molecular weight excluding hydrogens is 436 g/mol. The zero-order valence-electron chi connectivity index (χ0n) is 19.7. The lowest BCUT2D eigenvalue weighted by Crippen LogP contribution is -2.33. The molecule has 6 rings (SSSR count). The molecule has 5 nitrogen and oxygen atoms in total. The Morgan fingerprint density at radius 2 is 1.51 bits per heavy atom. The van der Waals surface area contributed by atoms with Gasteiger partial charge in [0.05, 0.1) is 5.56 Å². The van der Waals surface area contributed by atoms with Gasteiger partial charge in [0.1, 0.15) is 11.5 Å². The first-order chi connectivity index (χ1) is 17.1. The molecule has 1 N–H and O–H groups in total. The minimum atomic E-state index is -1.08. The molecule has 0 saturated heterocycles. The molecule has 2 aliphatic rings. The number of esters is 1. The van der Waals surface area contributed by atoms with Gasteiger partial charge in [0.2, 0.25) is 0 Å². The molecule has 0 amide bonds. The number of anilines is 3. The normalized spacial score (nSPS) is 17.1. The summed E-state index contributed by atoms with van der Waals surface area (Å²) in [4.78, 5) is 15.4. The van der Waals surface area contributed by atoms with Gasteiger partial charge >= 0.3 is 5.97 Å². The molecule has 5 heteroatoms. The van der Waals surface area contributed by atoms with Crippen LogP contribution in [0.3, 0.4) is 0 Å². The molecule has 174 valence electrons. The van der Waals surface area contributed by atoms with Crippen molar-refractivity contribution in [2.45, 2.75) is 19.4 Å². The molecule has 0 saturated carbocycles. The van der Waals surface area contributed by atoms with E-state index in [-0.39, 0.29) is 5.97 Å². The maximum Gasteiger partial charge on any atom is 0.340 e. The number of hydrogen-bond acceptors (Lipinski definition) is 5. The summed E-state index contributed by atoms with van der Waals surface area (Å²) in [6.07, 6.45) is 0. The first kappa shape index (κ1) is 21.3. The third-order valence-electron chi connectivity index (χ3n) is 6.89. The van der Waals surface area contributed by atoms with E-state index in [0.717, 1.165) is 46.8 Å². The molecule has 0 radical (unpaired) electrons. The largest absolute Gasteiger partial charge is 0.456 e. The van der Waals surface area contributed by atoms with Crippen LogP contribution in [0.4, 0.5) is 17.1 Å². The van der Waals surface area contributed by atoms with Gasteiger partial charge in [-0.15, -0.1) is 0 Å². The Hall–Kier alpha value is -4.25. The topological polar surface area (TPSA) is 50.8 Å². The number of fused-ring (bicyclic) bond motifs is 6. The van der Waals surface area contributed by atoms with Crippen molar-refractivity contribution in [3.8, 4) is 11.5 Å². The molecule has 0 aromatic heterocycles. The zero-order valence-corrected chi connectivity index (χ0v) is 19.7. The van der Waals surface area contributed by atoms with Crippen LogP contribution in [0.15, 0.2) is 91.0 Å². The summed E-state index contributed by atoms with van der Waals surface area (Å²) in [7, 11) is 0. The Morgan fingerprint density at radius 3 is 2.31 bits per heavy atom. The van der Waals surface area contributed by atoms with Crippen LogP contribution >= 0.6 is 0 Å². The molecule has 35 heavy (non-hydrogen) atoms. The van der Waals surface area contributed by atoms with Gasteiger partial charge in [0.15, 0.2) is 5.60 Å². The lowest BCUT2D eigenvalue weighted by atomic mass is 9.77. The van der Waals surface area contributed by atoms with E-state index in [9.17, 15) is 4.79 Å². The second kappa shape index (κ2) is 8.20. The van der Waals surface area contributed by atoms with E-state index in [4.69, 9.17) is 9.47 Å². The molecule has 2 aliphatic heterocycles. The number of nitrogens with zero attached hydrogens (tertiary/aromatic N) is 1. The SMILES string of the molecule is CCN(CC)c1ccc2c(c1)Oc1ccc(Nc3ccccc3)cc1C21OC(=O)c2ccccc21. The van der Waals surface area contributed by atoms with E-state index in [2.05, 4.69) is 36.2 Å². The summed E-state index contributed by atoms with van der Waals surface area (Å²) in [5.74, 6) is 1.06. The van der Waals surface area contributed by atoms with Crippen LogP contribution in [-0.2, 0) is 10.3 Å². The highest BCUT2D eigenvalue weighted by Gasteiger charge is 2.53. The Balaban J connectivity index is 1.56. The Labute approximate surface area is 204 Å². The fourth-order valence-electron chi connectivity index (χ4n) is 5.21. The highest BCUT2D eigenvalue weighted by Crippen LogP contribution is 2.57. The molecule has 4 aromatic carbocycles. The third kappa shape index (κ3) is 3.27. The number of para-hydroxylation sites is 1. The summed E-state index contributed by atoms with van der Waals surface area (Å²) in [5.41, 5.74) is 4.92. The standard InChI is InChI=1S/C30H26N2O3/c1-3-32(4-2)22-15-16-25-28(19-22)34-27-17-14-21(31-20-10-6-5-7-11-20)18-26(27)30(25)24-13-9-8-12-23(24)29(33)35-30/h5-19,31H,3-4H2,1-2H3. The van der Waals surface area contributed by atoms with Gasteiger partial charge in [0, 0.05) is 52.9 Å². The summed E-state index contributed by atoms with van der Waals surface area (Å²) < 4.78 is 12.8. The van der Waals surface area contributed by atoms with Crippen molar-refractivity contribution in [3.05, 3.63) is 113 Å². The minimum Gasteiger partial charge on any atom is -0.456 e. The van der Waals surface area contributed by atoms with Crippen LogP contribution in [0.1, 0.15) is 40.9 Å². The van der Waals surface area contributed by atoms with Crippen molar-refractivity contribution in [1.82, 2.24) is 0 Å². The predicted molar refractivity (Wildman–Crippen MR) is 138 cm³/mol. The smallest absolute Gasteiger partial charge is 0.340 e. The van der Waals surface area contributed by atoms with Gasteiger partial charge < -0.3 is 19.7 Å². The monoisotopic (exact) mass is 462 g/mol. The predicted octanol–water partition coefficient (Wildman–Crippen LogP) is 6.84. The van der Waals surface area contributed by atoms with Crippen LogP contribution in [0.5, 0.6) is 11.5 Å². The summed E-state index contributed by atoms with van der Waals surface area (Å²) in [6, 6.07) is 29.8. The van der Waals surface area contributed by atoms with E-state index in [1.807, 2.05) is 78.9 Å². The molecule has 2 heterocycles. The number of carbonyl (C=O) groups excluding carboxylic acids is 1. The molecule has 0 fully saturated rings. The number of benzene rings is 4. The highest BCUT2D eigenvalue weighted by molar-refractivity contribution is 5.97. The Bertz CT molecular complexity index is 1430. The number of hydrogen-bond donors (Lipinski definition) is 1. The first-order valence-electron chi connectivity index (χ1n) is 12.0. The fraction of sp³-hybridized carbons (Fsp3) is 0.167. The lowest BCUT2D eigenvalue weighted by Gasteiger charge is -2.37. The average Bonchev–Trinajstić information content (AvgIpc) is 3.19. The van der Waals surface area contributed by atoms with E-state index >= 15 is 0 Å². The average molecular weight is 463 g/mol. The molecule has 0 aliphatic carbocycles. The zero-order chi connectivity index (χ0) is 24.0. The van der Waals surface area contributed by atoms with Gasteiger partial charge in [-0.2, -0.15) is 0 Å². The molecule has 4 aromatic rings. The van der Waals surface area contributed by atoms with Crippen molar-refractivity contribution >= 4 is 23.0 Å². The van der Waals surface area contributed by atoms with E-state index < -0.39 is 5.60 Å². The van der Waals surface area contributed by atoms with Gasteiger partial charge in [-0.05, 0) is 62.4 Å². The van der Waals surface area contributed by atoms with Crippen molar-refractivity contribution in [2.24, 2.45) is 0 Å². The molecule has 1 unspecified atom stereocenters. The van der Waals surface area contributed by atoms with Gasteiger partial charge in [-0.3, -0.25) is 0 Å². The van der Waals surface area contributed by atoms with Crippen LogP contribution in [-0.4, -0.2) is 19.1 Å². The highest BCUT2D eigenvalue weighted by atomic mass is 16.6. The maximum atomic E-state index is 13.1. The molecule has 1 spiro atoms. The number of ether oxygens (including phenoxy) is 2. The van der Waals surface area contributed by atoms with Crippen LogP contribution in [0.25, 0.3) is 0 Å². The van der Waals surface area contributed by atoms with Gasteiger partial charge in [0.25, 0.3) is 0 Å². The molecule has 1 atom stereocenters. The second-order valence-corrected chi connectivity index (χ2v) is 8.77. The van der Waals surface area contributed by atoms with Gasteiger partial charge in [-0.1, -0.05) is 36.4 Å². The van der Waals surface area contributed by atoms with Crippen molar-refractivity contribution in [1.29, 1.82) is 0 Å². The minimum absolute atomic E-state index is 0.325. The number of rotatable bonds is 5. The van der Waals surface area contributed by atoms with Gasteiger partial charge in [-0.25, -0.2) is 4.79 Å². The lowest BCUT2D eigenvalue weighted by molar-refractivity contribution is 0.0224. The van der Waals surface area contributed by atoms with Crippen molar-refractivity contribution in [3.63, 3.8) is 0 Å². The molecular formula is C30H26N2O3. The van der Waals surface area contributed by atoms with E-state index in [1.165, 1.54) is 0 Å². The van der Waals surface area contributed by atoms with Crippen LogP contribution in [0.2, 0.25) is 0 Å². The summed E-state index contributed by atoms with van der Waals surface area (Å²) in [5, 5.41) is 3.46. The maximum absolute atomic E-state index is 13.1. The van der Waals surface area contributed by atoms with Crippen molar-refractivity contribution < 1.29 is 14.3 Å². The van der Waals surface area contributed by atoms with Crippen LogP contribution in [0, 0.1) is 0 Å². The fourth-order valence-corrected chi connectivity index (χ4v) is 5.21. The Kier molecular flexibility index (Phi) is 4.99. The van der Waals surface area contributed by atoms with Crippen molar-refractivity contribution in [2.75, 3.05) is 23.3 Å². The second-order valence-electron chi connectivity index (χ2n) is 8.77. The summed E-state index contributed by atoms with van der Waals surface area (Å²) >= 11 is 0. The first-order valence-corrected chi connectivity index (χ1v) is 12.0. The number of carbonyl (C=O) groups is 1. The Morgan fingerprint density at radius 1 is 0.743 bits per heavy atom. The summed E-state index contributed by atoms with van der Waals surface area (Å²) in [6.45, 7) is 6.06. The quantitative estimate of drug-likeness (QED) is 0.329. The molecule has 0 bridgehead atoms. The van der Waals surface area contributed by atoms with Crippen LogP contribution < -0.4 is 15.0 Å². The third-order valence-corrected chi connectivity index (χ3v) is 6.89.